The Balaban J connectivity index is 2.50. The van der Waals surface area contributed by atoms with Crippen molar-refractivity contribution in [2.24, 2.45) is 4.99 Å². The Labute approximate surface area is 108 Å². The van der Waals surface area contributed by atoms with E-state index < -0.39 is 0 Å². The maximum Gasteiger partial charge on any atom is 0.242 e. The van der Waals surface area contributed by atoms with Crippen LogP contribution in [0.25, 0.3) is 0 Å². The lowest BCUT2D eigenvalue weighted by molar-refractivity contribution is -0.122. The summed E-state index contributed by atoms with van der Waals surface area (Å²) in [5.41, 5.74) is 0. The normalized spacial score (nSPS) is 26.4. The molecule has 0 aromatic rings. The van der Waals surface area contributed by atoms with E-state index in [-0.39, 0.29) is 18.0 Å². The maximum atomic E-state index is 11.8. The van der Waals surface area contributed by atoms with Gasteiger partial charge < -0.3 is 10.6 Å². The number of nitrogens with zero attached hydrogens (tertiary/aromatic N) is 1. The van der Waals surface area contributed by atoms with Crippen LogP contribution in [0.2, 0.25) is 0 Å². The van der Waals surface area contributed by atoms with Gasteiger partial charge in [0.05, 0.1) is 6.04 Å². The summed E-state index contributed by atoms with van der Waals surface area (Å²) in [6.45, 7) is 10.1. The quantitative estimate of drug-likeness (QED) is 0.810. The summed E-state index contributed by atoms with van der Waals surface area (Å²) in [6.07, 6.45) is 1.10. The molecule has 0 aliphatic carbocycles. The number of hydrogen-bond donors (Lipinski definition) is 2. The number of carbonyl (C=O) groups excluding carboxylic acids is 1. The fraction of sp³-hybridized carbons (Fsp3) is 0.833. The summed E-state index contributed by atoms with van der Waals surface area (Å²) >= 11 is 1.71. The number of nitrogens with one attached hydrogen (secondary N) is 2. The molecular formula is C12H23N3OS. The number of carbonyl (C=O) groups is 1. The number of rotatable bonds is 3. The summed E-state index contributed by atoms with van der Waals surface area (Å²) in [6, 6.07) is 0.279. The minimum Gasteiger partial charge on any atom is -0.353 e. The molecular weight excluding hydrogens is 234 g/mol. The van der Waals surface area contributed by atoms with E-state index in [1.54, 1.807) is 11.8 Å². The summed E-state index contributed by atoms with van der Waals surface area (Å²) in [5, 5.41) is 7.53. The van der Waals surface area contributed by atoms with Gasteiger partial charge in [0.2, 0.25) is 5.91 Å². The van der Waals surface area contributed by atoms with E-state index in [1.807, 2.05) is 20.8 Å². The van der Waals surface area contributed by atoms with Crippen molar-refractivity contribution in [3.8, 4) is 0 Å². The fourth-order valence-corrected chi connectivity index (χ4v) is 2.98. The van der Waals surface area contributed by atoms with Gasteiger partial charge in [-0.15, -0.1) is 0 Å². The van der Waals surface area contributed by atoms with Crippen molar-refractivity contribution in [3.63, 3.8) is 0 Å². The first kappa shape index (κ1) is 14.4. The van der Waals surface area contributed by atoms with Crippen LogP contribution in [0.1, 0.15) is 41.0 Å². The third-order valence-electron chi connectivity index (χ3n) is 2.49. The van der Waals surface area contributed by atoms with Gasteiger partial charge in [0, 0.05) is 11.3 Å². The van der Waals surface area contributed by atoms with Crippen molar-refractivity contribution in [3.05, 3.63) is 0 Å². The first-order valence-corrected chi connectivity index (χ1v) is 7.07. The molecule has 1 aliphatic rings. The Morgan fingerprint density at radius 3 is 2.59 bits per heavy atom. The molecule has 5 heteroatoms. The van der Waals surface area contributed by atoms with Crippen LogP contribution in [0, 0.1) is 0 Å². The highest BCUT2D eigenvalue weighted by molar-refractivity contribution is 8.14. The molecule has 0 aromatic heterocycles. The number of hydrogen-bond acceptors (Lipinski definition) is 4. The third kappa shape index (κ3) is 4.98. The molecule has 1 amide bonds. The van der Waals surface area contributed by atoms with Crippen LogP contribution >= 0.6 is 11.8 Å². The van der Waals surface area contributed by atoms with E-state index in [4.69, 9.17) is 0 Å². The van der Waals surface area contributed by atoms with Gasteiger partial charge in [-0.3, -0.25) is 9.79 Å². The molecule has 0 aromatic carbocycles. The zero-order chi connectivity index (χ0) is 13.0. The van der Waals surface area contributed by atoms with Crippen LogP contribution < -0.4 is 10.6 Å². The molecule has 1 rings (SSSR count). The predicted octanol–water partition coefficient (Wildman–Crippen LogP) is 1.76. The molecule has 98 valence electrons. The molecule has 0 fully saturated rings. The second-order valence-corrected chi connectivity index (χ2v) is 6.40. The van der Waals surface area contributed by atoms with E-state index in [2.05, 4.69) is 29.5 Å². The summed E-state index contributed by atoms with van der Waals surface area (Å²) in [4.78, 5) is 16.3. The van der Waals surface area contributed by atoms with Crippen LogP contribution in [0.4, 0.5) is 0 Å². The molecule has 0 saturated heterocycles. The van der Waals surface area contributed by atoms with Gasteiger partial charge in [0.1, 0.15) is 6.04 Å². The van der Waals surface area contributed by atoms with Gasteiger partial charge in [0.15, 0.2) is 5.17 Å². The number of amidine groups is 1. The molecule has 3 unspecified atom stereocenters. The lowest BCUT2D eigenvalue weighted by Crippen LogP contribution is -2.47. The molecule has 1 heterocycles. The highest BCUT2D eigenvalue weighted by Crippen LogP contribution is 2.23. The minimum absolute atomic E-state index is 0.0224. The minimum atomic E-state index is -0.235. The maximum absolute atomic E-state index is 11.8. The first-order valence-electron chi connectivity index (χ1n) is 6.20. The van der Waals surface area contributed by atoms with E-state index in [0.29, 0.717) is 11.3 Å². The zero-order valence-corrected chi connectivity index (χ0v) is 12.1. The monoisotopic (exact) mass is 257 g/mol. The van der Waals surface area contributed by atoms with Crippen molar-refractivity contribution >= 4 is 22.8 Å². The van der Waals surface area contributed by atoms with Crippen LogP contribution in [-0.2, 0) is 4.79 Å². The molecule has 0 saturated carbocycles. The number of thioether (sulfide) groups is 1. The number of amides is 1. The molecule has 3 atom stereocenters. The van der Waals surface area contributed by atoms with Crippen molar-refractivity contribution in [1.29, 1.82) is 0 Å². The van der Waals surface area contributed by atoms with Gasteiger partial charge in [-0.05, 0) is 34.1 Å². The van der Waals surface area contributed by atoms with Gasteiger partial charge in [0.25, 0.3) is 0 Å². The Morgan fingerprint density at radius 1 is 1.41 bits per heavy atom. The molecule has 0 radical (unpaired) electrons. The Bertz CT molecular complexity index is 304. The largest absolute Gasteiger partial charge is 0.353 e. The first-order chi connectivity index (χ1) is 7.88. The van der Waals surface area contributed by atoms with Crippen LogP contribution in [0.3, 0.4) is 0 Å². The van der Waals surface area contributed by atoms with Crippen molar-refractivity contribution in [2.75, 3.05) is 0 Å². The van der Waals surface area contributed by atoms with E-state index in [9.17, 15) is 4.79 Å². The smallest absolute Gasteiger partial charge is 0.242 e. The van der Waals surface area contributed by atoms with E-state index >= 15 is 0 Å². The highest BCUT2D eigenvalue weighted by Gasteiger charge is 2.21. The second kappa shape index (κ2) is 6.28. The standard InChI is InChI=1S/C12H23N3OS/c1-7(2)13-11(16)10(5)15-12-14-8(3)6-9(4)17-12/h7-10H,6H2,1-5H3,(H,13,16)(H,14,15). The van der Waals surface area contributed by atoms with Crippen LogP contribution in [-0.4, -0.2) is 34.5 Å². The molecule has 1 aliphatic heterocycles. The summed E-state index contributed by atoms with van der Waals surface area (Å²) in [5.74, 6) is 0.0224. The van der Waals surface area contributed by atoms with E-state index in [0.717, 1.165) is 11.6 Å². The van der Waals surface area contributed by atoms with E-state index in [1.165, 1.54) is 0 Å². The summed E-state index contributed by atoms with van der Waals surface area (Å²) in [7, 11) is 0. The van der Waals surface area contributed by atoms with Crippen molar-refractivity contribution in [2.45, 2.75) is 64.4 Å². The van der Waals surface area contributed by atoms with Crippen LogP contribution in [0.5, 0.6) is 0 Å². The fourth-order valence-electron chi connectivity index (χ4n) is 1.73. The average Bonchev–Trinajstić information content (AvgIpc) is 2.14. The lowest BCUT2D eigenvalue weighted by atomic mass is 10.2. The highest BCUT2D eigenvalue weighted by atomic mass is 32.2. The zero-order valence-electron chi connectivity index (χ0n) is 11.3. The Hall–Kier alpha value is -0.710. The lowest BCUT2D eigenvalue weighted by Gasteiger charge is -2.25. The Kier molecular flexibility index (Phi) is 5.31. The molecule has 4 nitrogen and oxygen atoms in total. The number of aliphatic imine (C=N–C) groups is 1. The van der Waals surface area contributed by atoms with Gasteiger partial charge >= 0.3 is 0 Å². The molecule has 2 N–H and O–H groups in total. The molecule has 0 bridgehead atoms. The SMILES string of the molecule is CC1CC(C)SC(NC(C)C(=O)NC(C)C)=N1. The van der Waals surface area contributed by atoms with Gasteiger partial charge in [-0.2, -0.15) is 0 Å². The molecule has 0 spiro atoms. The van der Waals surface area contributed by atoms with Crippen molar-refractivity contribution in [1.82, 2.24) is 10.6 Å². The topological polar surface area (TPSA) is 53.5 Å². The van der Waals surface area contributed by atoms with Crippen molar-refractivity contribution < 1.29 is 4.79 Å². The third-order valence-corrected chi connectivity index (χ3v) is 3.53. The average molecular weight is 257 g/mol. The Morgan fingerprint density at radius 2 is 2.06 bits per heavy atom. The van der Waals surface area contributed by atoms with Gasteiger partial charge in [-0.25, -0.2) is 0 Å². The second-order valence-electron chi connectivity index (χ2n) is 4.98. The predicted molar refractivity (Wildman–Crippen MR) is 74.4 cm³/mol. The van der Waals surface area contributed by atoms with Crippen LogP contribution in [0.15, 0.2) is 4.99 Å². The summed E-state index contributed by atoms with van der Waals surface area (Å²) < 4.78 is 0. The van der Waals surface area contributed by atoms with Gasteiger partial charge in [-0.1, -0.05) is 18.7 Å². The molecule has 17 heavy (non-hydrogen) atoms.